The van der Waals surface area contributed by atoms with Crippen molar-refractivity contribution in [3.8, 4) is 11.4 Å². The summed E-state index contributed by atoms with van der Waals surface area (Å²) in [5.74, 6) is 0.601. The van der Waals surface area contributed by atoms with Crippen molar-refractivity contribution in [2.24, 2.45) is 0 Å². The summed E-state index contributed by atoms with van der Waals surface area (Å²) in [6.07, 6.45) is 0.454. The summed E-state index contributed by atoms with van der Waals surface area (Å²) in [7, 11) is 0. The third kappa shape index (κ3) is 2.28. The fourth-order valence-electron chi connectivity index (χ4n) is 1.93. The van der Waals surface area contributed by atoms with Crippen LogP contribution in [0.4, 0.5) is 10.5 Å². The van der Waals surface area contributed by atoms with Crippen LogP contribution >= 0.6 is 11.6 Å². The molecule has 1 aromatic carbocycles. The van der Waals surface area contributed by atoms with E-state index in [9.17, 15) is 4.79 Å². The number of anilines is 1. The van der Waals surface area contributed by atoms with Crippen LogP contribution in [0.15, 0.2) is 36.5 Å². The van der Waals surface area contributed by atoms with Gasteiger partial charge in [0.25, 0.3) is 0 Å². The second-order valence-corrected chi connectivity index (χ2v) is 4.47. The number of rotatable bonds is 2. The van der Waals surface area contributed by atoms with E-state index < -0.39 is 6.09 Å². The molecule has 6 nitrogen and oxygen atoms in total. The molecule has 0 atom stereocenters. The molecule has 0 aliphatic carbocycles. The van der Waals surface area contributed by atoms with E-state index in [4.69, 9.17) is 16.7 Å². The standard InChI is InChI=1S/C13H9ClN4O2/c14-10-6-7(4-5-15-10)12-16-8-2-1-3-9(11(8)18-12)17-13(19)20/h1-6,17H,(H,16,18)(H,19,20). The number of nitrogens with zero attached hydrogens (tertiary/aromatic N) is 2. The van der Waals surface area contributed by atoms with Crippen molar-refractivity contribution in [3.05, 3.63) is 41.7 Å². The number of hydrogen-bond donors (Lipinski definition) is 3. The number of imidazole rings is 1. The number of carbonyl (C=O) groups is 1. The van der Waals surface area contributed by atoms with Crippen LogP contribution in [-0.2, 0) is 0 Å². The fraction of sp³-hybridized carbons (Fsp3) is 0. The Morgan fingerprint density at radius 2 is 2.20 bits per heavy atom. The normalized spacial score (nSPS) is 10.7. The second kappa shape index (κ2) is 4.82. The van der Waals surface area contributed by atoms with Crippen LogP contribution in [0, 0.1) is 0 Å². The van der Waals surface area contributed by atoms with E-state index in [0.717, 1.165) is 11.1 Å². The smallest absolute Gasteiger partial charge is 0.409 e. The lowest BCUT2D eigenvalue weighted by Crippen LogP contribution is -2.07. The summed E-state index contributed by atoms with van der Waals surface area (Å²) >= 11 is 5.85. The number of halogens is 1. The highest BCUT2D eigenvalue weighted by atomic mass is 35.5. The third-order valence-electron chi connectivity index (χ3n) is 2.75. The molecule has 3 aromatic rings. The summed E-state index contributed by atoms with van der Waals surface area (Å²) in [5.41, 5.74) is 2.50. The van der Waals surface area contributed by atoms with Crippen LogP contribution in [0.3, 0.4) is 0 Å². The zero-order chi connectivity index (χ0) is 14.1. The monoisotopic (exact) mass is 288 g/mol. The second-order valence-electron chi connectivity index (χ2n) is 4.08. The van der Waals surface area contributed by atoms with Gasteiger partial charge in [0.2, 0.25) is 0 Å². The Hall–Kier alpha value is -2.60. The largest absolute Gasteiger partial charge is 0.465 e. The SMILES string of the molecule is O=C(O)Nc1cccc2[nH]c(-c3ccnc(Cl)c3)nc12. The van der Waals surface area contributed by atoms with E-state index in [-0.39, 0.29) is 0 Å². The molecule has 20 heavy (non-hydrogen) atoms. The third-order valence-corrected chi connectivity index (χ3v) is 2.96. The van der Waals surface area contributed by atoms with Gasteiger partial charge in [0, 0.05) is 11.8 Å². The Labute approximate surface area is 118 Å². The van der Waals surface area contributed by atoms with Gasteiger partial charge in [-0.3, -0.25) is 5.32 Å². The Morgan fingerprint density at radius 1 is 1.35 bits per heavy atom. The average Bonchev–Trinajstić information content (AvgIpc) is 2.83. The van der Waals surface area contributed by atoms with Crippen LogP contribution < -0.4 is 5.32 Å². The maximum absolute atomic E-state index is 10.8. The first-order valence-electron chi connectivity index (χ1n) is 5.74. The minimum atomic E-state index is -1.13. The van der Waals surface area contributed by atoms with Crippen LogP contribution in [0.2, 0.25) is 5.15 Å². The minimum absolute atomic E-state index is 0.367. The van der Waals surface area contributed by atoms with Crippen molar-refractivity contribution in [2.45, 2.75) is 0 Å². The number of carboxylic acid groups (broad SMARTS) is 1. The highest BCUT2D eigenvalue weighted by Gasteiger charge is 2.10. The lowest BCUT2D eigenvalue weighted by molar-refractivity contribution is 0.210. The number of aromatic amines is 1. The molecule has 1 amide bonds. The molecule has 0 radical (unpaired) electrons. The summed E-state index contributed by atoms with van der Waals surface area (Å²) < 4.78 is 0. The van der Waals surface area contributed by atoms with Gasteiger partial charge in [-0.05, 0) is 24.3 Å². The number of H-pyrrole nitrogens is 1. The van der Waals surface area contributed by atoms with Crippen molar-refractivity contribution in [1.82, 2.24) is 15.0 Å². The van der Waals surface area contributed by atoms with Crippen LogP contribution in [0.25, 0.3) is 22.4 Å². The fourth-order valence-corrected chi connectivity index (χ4v) is 2.11. The maximum atomic E-state index is 10.8. The van der Waals surface area contributed by atoms with Crippen LogP contribution in [0.1, 0.15) is 0 Å². The number of amides is 1. The number of benzene rings is 1. The predicted molar refractivity (Wildman–Crippen MR) is 76.0 cm³/mol. The summed E-state index contributed by atoms with van der Waals surface area (Å²) in [6.45, 7) is 0. The molecular formula is C13H9ClN4O2. The molecule has 2 heterocycles. The summed E-state index contributed by atoms with van der Waals surface area (Å²) in [6, 6.07) is 8.68. The van der Waals surface area contributed by atoms with E-state index in [1.165, 1.54) is 0 Å². The molecule has 0 fully saturated rings. The molecule has 0 bridgehead atoms. The molecule has 0 unspecified atom stereocenters. The van der Waals surface area contributed by atoms with Gasteiger partial charge in [0.15, 0.2) is 0 Å². The average molecular weight is 289 g/mol. The summed E-state index contributed by atoms with van der Waals surface area (Å²) in [4.78, 5) is 22.2. The van der Waals surface area contributed by atoms with Crippen LogP contribution in [0.5, 0.6) is 0 Å². The Kier molecular flexibility index (Phi) is 3.00. The molecule has 0 saturated heterocycles. The number of nitrogens with one attached hydrogen (secondary N) is 2. The molecule has 100 valence electrons. The minimum Gasteiger partial charge on any atom is -0.465 e. The molecule has 2 aromatic heterocycles. The maximum Gasteiger partial charge on any atom is 0.409 e. The number of para-hydroxylation sites is 1. The highest BCUT2D eigenvalue weighted by Crippen LogP contribution is 2.26. The molecule has 0 aliphatic rings. The number of hydrogen-bond acceptors (Lipinski definition) is 3. The Morgan fingerprint density at radius 3 is 2.95 bits per heavy atom. The highest BCUT2D eigenvalue weighted by molar-refractivity contribution is 6.29. The zero-order valence-corrected chi connectivity index (χ0v) is 10.8. The van der Waals surface area contributed by atoms with E-state index in [2.05, 4.69) is 20.3 Å². The van der Waals surface area contributed by atoms with Gasteiger partial charge >= 0.3 is 6.09 Å². The molecule has 7 heteroatoms. The number of aromatic nitrogens is 3. The van der Waals surface area contributed by atoms with Crippen molar-refractivity contribution in [2.75, 3.05) is 5.32 Å². The van der Waals surface area contributed by atoms with Crippen LogP contribution in [-0.4, -0.2) is 26.2 Å². The molecule has 3 rings (SSSR count). The van der Waals surface area contributed by atoms with E-state index in [0.29, 0.717) is 22.2 Å². The van der Waals surface area contributed by atoms with E-state index in [1.54, 1.807) is 30.5 Å². The van der Waals surface area contributed by atoms with Gasteiger partial charge in [-0.1, -0.05) is 17.7 Å². The predicted octanol–water partition coefficient (Wildman–Crippen LogP) is 3.37. The van der Waals surface area contributed by atoms with Gasteiger partial charge in [0.1, 0.15) is 16.5 Å². The first-order chi connectivity index (χ1) is 9.63. The summed E-state index contributed by atoms with van der Waals surface area (Å²) in [5, 5.41) is 11.5. The first-order valence-corrected chi connectivity index (χ1v) is 6.12. The Bertz CT molecular complexity index is 800. The zero-order valence-electron chi connectivity index (χ0n) is 10.1. The van der Waals surface area contributed by atoms with Gasteiger partial charge in [-0.2, -0.15) is 0 Å². The molecular weight excluding hydrogens is 280 g/mol. The molecule has 0 saturated carbocycles. The molecule has 0 spiro atoms. The van der Waals surface area contributed by atoms with E-state index in [1.807, 2.05) is 6.07 Å². The van der Waals surface area contributed by atoms with Gasteiger partial charge in [-0.25, -0.2) is 14.8 Å². The molecule has 0 aliphatic heterocycles. The van der Waals surface area contributed by atoms with Gasteiger partial charge in [0.05, 0.1) is 11.2 Å². The van der Waals surface area contributed by atoms with E-state index >= 15 is 0 Å². The van der Waals surface area contributed by atoms with Crippen molar-refractivity contribution < 1.29 is 9.90 Å². The first kappa shape index (κ1) is 12.4. The van der Waals surface area contributed by atoms with Gasteiger partial charge in [-0.15, -0.1) is 0 Å². The Balaban J connectivity index is 2.13. The number of fused-ring (bicyclic) bond motifs is 1. The lowest BCUT2D eigenvalue weighted by atomic mass is 10.2. The number of pyridine rings is 1. The topological polar surface area (TPSA) is 90.9 Å². The molecule has 3 N–H and O–H groups in total. The van der Waals surface area contributed by atoms with Crippen molar-refractivity contribution in [3.63, 3.8) is 0 Å². The van der Waals surface area contributed by atoms with Gasteiger partial charge < -0.3 is 10.1 Å². The quantitative estimate of drug-likeness (QED) is 0.631. The van der Waals surface area contributed by atoms with Crippen molar-refractivity contribution in [1.29, 1.82) is 0 Å². The lowest BCUT2D eigenvalue weighted by Gasteiger charge is -2.00. The van der Waals surface area contributed by atoms with Crippen molar-refractivity contribution >= 4 is 34.4 Å².